The van der Waals surface area contributed by atoms with Crippen molar-refractivity contribution in [3.8, 4) is 0 Å². The molecule has 0 bridgehead atoms. The maximum Gasteiger partial charge on any atom is 0.134 e. The van der Waals surface area contributed by atoms with Crippen molar-refractivity contribution in [2.45, 2.75) is 38.1 Å². The summed E-state index contributed by atoms with van der Waals surface area (Å²) in [5.41, 5.74) is 0. The van der Waals surface area contributed by atoms with Crippen molar-refractivity contribution in [2.75, 3.05) is 24.6 Å². The highest BCUT2D eigenvalue weighted by molar-refractivity contribution is 7.99. The topological polar surface area (TPSA) is 20.3 Å². The Kier molecular flexibility index (Phi) is 3.88. The van der Waals surface area contributed by atoms with E-state index in [1.165, 1.54) is 37.4 Å². The lowest BCUT2D eigenvalue weighted by molar-refractivity contribution is -0.122. The van der Waals surface area contributed by atoms with Gasteiger partial charge in [0.25, 0.3) is 0 Å². The molecule has 0 aromatic heterocycles. The molecule has 1 saturated heterocycles. The van der Waals surface area contributed by atoms with Crippen LogP contribution in [0, 0.1) is 0 Å². The number of hydrogen-bond donors (Lipinski definition) is 0. The van der Waals surface area contributed by atoms with E-state index in [1.807, 2.05) is 0 Å². The van der Waals surface area contributed by atoms with Gasteiger partial charge in [0, 0.05) is 31.2 Å². The lowest BCUT2D eigenvalue weighted by Crippen LogP contribution is -2.40. The van der Waals surface area contributed by atoms with Crippen molar-refractivity contribution >= 4 is 17.5 Å². The summed E-state index contributed by atoms with van der Waals surface area (Å²) in [6.45, 7) is 2.41. The molecule has 0 aromatic rings. The summed E-state index contributed by atoms with van der Waals surface area (Å²) in [6, 6.07) is 0.579. The summed E-state index contributed by atoms with van der Waals surface area (Å²) < 4.78 is 0. The number of rotatable bonds is 1. The highest BCUT2D eigenvalue weighted by Gasteiger charge is 2.25. The smallest absolute Gasteiger partial charge is 0.134 e. The third-order valence-corrected chi connectivity index (χ3v) is 4.28. The van der Waals surface area contributed by atoms with Crippen molar-refractivity contribution in [3.63, 3.8) is 0 Å². The molecule has 2 aliphatic rings. The molecule has 1 heterocycles. The first kappa shape index (κ1) is 10.5. The van der Waals surface area contributed by atoms with E-state index in [0.29, 0.717) is 11.8 Å². The van der Waals surface area contributed by atoms with Crippen LogP contribution in [0.3, 0.4) is 0 Å². The van der Waals surface area contributed by atoms with E-state index in [2.05, 4.69) is 16.7 Å². The minimum Gasteiger partial charge on any atom is -0.300 e. The van der Waals surface area contributed by atoms with Gasteiger partial charge in [-0.15, -0.1) is 0 Å². The van der Waals surface area contributed by atoms with Gasteiger partial charge in [-0.2, -0.15) is 11.8 Å². The number of hydrogen-bond acceptors (Lipinski definition) is 3. The van der Waals surface area contributed by atoms with Gasteiger partial charge in [-0.25, -0.2) is 0 Å². The zero-order chi connectivity index (χ0) is 9.80. The van der Waals surface area contributed by atoms with Gasteiger partial charge < -0.3 is 0 Å². The van der Waals surface area contributed by atoms with E-state index in [9.17, 15) is 4.79 Å². The third-order valence-electron chi connectivity index (χ3n) is 3.23. The lowest BCUT2D eigenvalue weighted by Gasteiger charge is -2.32. The van der Waals surface area contributed by atoms with E-state index in [1.54, 1.807) is 0 Å². The largest absolute Gasteiger partial charge is 0.300 e. The zero-order valence-electron chi connectivity index (χ0n) is 8.71. The molecule has 1 saturated carbocycles. The van der Waals surface area contributed by atoms with Crippen LogP contribution in [0.25, 0.3) is 0 Å². The highest BCUT2D eigenvalue weighted by Crippen LogP contribution is 2.22. The molecule has 2 fully saturated rings. The van der Waals surface area contributed by atoms with Gasteiger partial charge in [-0.1, -0.05) is 0 Å². The summed E-state index contributed by atoms with van der Waals surface area (Å²) in [5.74, 6) is 3.04. The number of Topliss-reactive ketones (excluding diaryl/α,β-unsaturated/α-hetero) is 1. The quantitative estimate of drug-likeness (QED) is 0.664. The van der Waals surface area contributed by atoms with Gasteiger partial charge in [-0.05, 0) is 31.6 Å². The van der Waals surface area contributed by atoms with Crippen molar-refractivity contribution in [1.29, 1.82) is 0 Å². The fraction of sp³-hybridized carbons (Fsp3) is 0.909. The molecule has 1 aliphatic heterocycles. The van der Waals surface area contributed by atoms with Gasteiger partial charge in [0.15, 0.2) is 0 Å². The van der Waals surface area contributed by atoms with E-state index < -0.39 is 0 Å². The maximum absolute atomic E-state index is 11.4. The van der Waals surface area contributed by atoms with Crippen LogP contribution in [0.1, 0.15) is 32.1 Å². The molecule has 2 rings (SSSR count). The van der Waals surface area contributed by atoms with Crippen LogP contribution in [-0.4, -0.2) is 41.3 Å². The van der Waals surface area contributed by atoms with Crippen molar-refractivity contribution in [3.05, 3.63) is 0 Å². The SMILES string of the molecule is O=C1CCCC(N2CCCSCC2)C1. The van der Waals surface area contributed by atoms with Crippen LogP contribution >= 0.6 is 11.8 Å². The molecule has 80 valence electrons. The van der Waals surface area contributed by atoms with E-state index in [-0.39, 0.29) is 0 Å². The summed E-state index contributed by atoms with van der Waals surface area (Å²) >= 11 is 2.06. The van der Waals surface area contributed by atoms with E-state index in [0.717, 1.165) is 19.3 Å². The zero-order valence-corrected chi connectivity index (χ0v) is 9.52. The molecular formula is C11H19NOS. The second-order valence-electron chi connectivity index (χ2n) is 4.29. The number of carbonyl (C=O) groups is 1. The van der Waals surface area contributed by atoms with Crippen molar-refractivity contribution in [2.24, 2.45) is 0 Å². The molecule has 1 unspecified atom stereocenters. The molecule has 2 nitrogen and oxygen atoms in total. The molecule has 14 heavy (non-hydrogen) atoms. The average molecular weight is 213 g/mol. The summed E-state index contributed by atoms with van der Waals surface area (Å²) in [6.07, 6.45) is 5.32. The lowest BCUT2D eigenvalue weighted by atomic mass is 9.93. The van der Waals surface area contributed by atoms with Crippen molar-refractivity contribution < 1.29 is 4.79 Å². The average Bonchev–Trinajstić information content (AvgIpc) is 2.45. The van der Waals surface area contributed by atoms with Gasteiger partial charge in [0.1, 0.15) is 5.78 Å². The van der Waals surface area contributed by atoms with Crippen LogP contribution in [0.2, 0.25) is 0 Å². The van der Waals surface area contributed by atoms with E-state index in [4.69, 9.17) is 0 Å². The van der Waals surface area contributed by atoms with Gasteiger partial charge in [-0.3, -0.25) is 9.69 Å². The van der Waals surface area contributed by atoms with Gasteiger partial charge in [0.05, 0.1) is 0 Å². The Hall–Kier alpha value is -0.0200. The number of carbonyl (C=O) groups excluding carboxylic acids is 1. The van der Waals surface area contributed by atoms with E-state index >= 15 is 0 Å². The Labute approximate surface area is 90.4 Å². The minimum absolute atomic E-state index is 0.484. The van der Waals surface area contributed by atoms with Crippen LogP contribution in [0.4, 0.5) is 0 Å². The number of ketones is 1. The van der Waals surface area contributed by atoms with Crippen LogP contribution < -0.4 is 0 Å². The predicted molar refractivity (Wildman–Crippen MR) is 60.8 cm³/mol. The molecule has 1 atom stereocenters. The Morgan fingerprint density at radius 3 is 3.00 bits per heavy atom. The predicted octanol–water partition coefficient (Wildman–Crippen LogP) is 1.94. The number of nitrogens with zero attached hydrogens (tertiary/aromatic N) is 1. The molecule has 0 N–H and O–H groups in total. The molecule has 3 heteroatoms. The summed E-state index contributed by atoms with van der Waals surface area (Å²) in [4.78, 5) is 13.9. The summed E-state index contributed by atoms with van der Waals surface area (Å²) in [7, 11) is 0. The molecule has 0 amide bonds. The minimum atomic E-state index is 0.484. The molecular weight excluding hydrogens is 194 g/mol. The Morgan fingerprint density at radius 1 is 1.21 bits per heavy atom. The monoisotopic (exact) mass is 213 g/mol. The Balaban J connectivity index is 1.88. The van der Waals surface area contributed by atoms with Crippen LogP contribution in [0.15, 0.2) is 0 Å². The molecule has 1 aliphatic carbocycles. The first-order valence-electron chi connectivity index (χ1n) is 5.70. The first-order chi connectivity index (χ1) is 6.86. The standard InChI is InChI=1S/C11H19NOS/c13-11-4-1-3-10(9-11)12-5-2-7-14-8-6-12/h10H,1-9H2. The first-order valence-corrected chi connectivity index (χ1v) is 6.85. The normalized spacial score (nSPS) is 31.4. The van der Waals surface area contributed by atoms with Crippen LogP contribution in [0.5, 0.6) is 0 Å². The number of thioether (sulfide) groups is 1. The second kappa shape index (κ2) is 5.17. The third kappa shape index (κ3) is 2.74. The molecule has 0 spiro atoms. The highest BCUT2D eigenvalue weighted by atomic mass is 32.2. The molecule has 0 aromatic carbocycles. The second-order valence-corrected chi connectivity index (χ2v) is 5.52. The fourth-order valence-electron chi connectivity index (χ4n) is 2.44. The Bertz CT molecular complexity index is 199. The van der Waals surface area contributed by atoms with Crippen molar-refractivity contribution in [1.82, 2.24) is 4.90 Å². The maximum atomic E-state index is 11.4. The molecule has 0 radical (unpaired) electrons. The van der Waals surface area contributed by atoms with Gasteiger partial charge >= 0.3 is 0 Å². The Morgan fingerprint density at radius 2 is 2.14 bits per heavy atom. The summed E-state index contributed by atoms with van der Waals surface area (Å²) in [5, 5.41) is 0. The van der Waals surface area contributed by atoms with Crippen LogP contribution in [-0.2, 0) is 4.79 Å². The fourth-order valence-corrected chi connectivity index (χ4v) is 3.34. The van der Waals surface area contributed by atoms with Gasteiger partial charge in [0.2, 0.25) is 0 Å².